The third-order valence-corrected chi connectivity index (χ3v) is 4.81. The summed E-state index contributed by atoms with van der Waals surface area (Å²) in [7, 11) is 1.75. The zero-order chi connectivity index (χ0) is 18.9. The number of benzene rings is 1. The van der Waals surface area contributed by atoms with Gasteiger partial charge in [-0.15, -0.1) is 0 Å². The average Bonchev–Trinajstić information content (AvgIpc) is 2.94. The number of hydrogen-bond donors (Lipinski definition) is 2. The molecule has 0 bridgehead atoms. The van der Waals surface area contributed by atoms with E-state index in [1.54, 1.807) is 24.9 Å². The topological polar surface area (TPSA) is 62.5 Å². The second-order valence-corrected chi connectivity index (χ2v) is 6.97. The van der Waals surface area contributed by atoms with Gasteiger partial charge in [-0.1, -0.05) is 11.2 Å². The van der Waals surface area contributed by atoms with E-state index in [9.17, 15) is 4.39 Å². The highest BCUT2D eigenvalue weighted by atomic mass is 32.2. The van der Waals surface area contributed by atoms with Crippen LogP contribution < -0.4 is 10.6 Å². The van der Waals surface area contributed by atoms with E-state index < -0.39 is 0 Å². The van der Waals surface area contributed by atoms with Gasteiger partial charge < -0.3 is 15.2 Å². The highest BCUT2D eigenvalue weighted by molar-refractivity contribution is 7.97. The number of nitrogens with zero attached hydrogens (tertiary/aromatic N) is 2. The summed E-state index contributed by atoms with van der Waals surface area (Å²) in [4.78, 5) is 4.25. The first-order valence-corrected chi connectivity index (χ1v) is 10.1. The van der Waals surface area contributed by atoms with Crippen molar-refractivity contribution in [1.82, 2.24) is 15.8 Å². The Kier molecular flexibility index (Phi) is 7.97. The molecule has 0 spiro atoms. The van der Waals surface area contributed by atoms with E-state index in [0.29, 0.717) is 6.54 Å². The maximum atomic E-state index is 13.4. The quantitative estimate of drug-likeness (QED) is 0.418. The Morgan fingerprint density at radius 2 is 2.08 bits per heavy atom. The molecule has 0 unspecified atom stereocenters. The molecule has 1 heterocycles. The van der Waals surface area contributed by atoms with E-state index in [1.807, 2.05) is 26.2 Å². The summed E-state index contributed by atoms with van der Waals surface area (Å²) in [6, 6.07) is 4.94. The zero-order valence-corrected chi connectivity index (χ0v) is 16.7. The zero-order valence-electron chi connectivity index (χ0n) is 15.9. The fraction of sp³-hybridized carbons (Fsp3) is 0.474. The van der Waals surface area contributed by atoms with Crippen LogP contribution in [0.5, 0.6) is 0 Å². The lowest BCUT2D eigenvalue weighted by Crippen LogP contribution is -2.37. The summed E-state index contributed by atoms with van der Waals surface area (Å²) in [6.07, 6.45) is 3.89. The summed E-state index contributed by atoms with van der Waals surface area (Å²) in [6.45, 7) is 5.32. The van der Waals surface area contributed by atoms with Crippen LogP contribution in [0.2, 0.25) is 0 Å². The SMILES string of the molecule is CN=C(NCCCc1c(C)noc1C)NCc1ccc(F)cc1CSC. The number of aromatic nitrogens is 1. The highest BCUT2D eigenvalue weighted by Gasteiger charge is 2.09. The monoisotopic (exact) mass is 378 g/mol. The molecule has 0 aliphatic rings. The molecule has 0 saturated heterocycles. The number of nitrogens with one attached hydrogen (secondary N) is 2. The average molecular weight is 379 g/mol. The van der Waals surface area contributed by atoms with Crippen molar-refractivity contribution in [2.24, 2.45) is 4.99 Å². The first kappa shape index (κ1) is 20.3. The number of aliphatic imine (C=N–C) groups is 1. The van der Waals surface area contributed by atoms with E-state index in [2.05, 4.69) is 20.8 Å². The van der Waals surface area contributed by atoms with Gasteiger partial charge in [-0.2, -0.15) is 11.8 Å². The highest BCUT2D eigenvalue weighted by Crippen LogP contribution is 2.17. The maximum Gasteiger partial charge on any atom is 0.191 e. The van der Waals surface area contributed by atoms with E-state index in [-0.39, 0.29) is 5.82 Å². The van der Waals surface area contributed by atoms with Crippen LogP contribution in [0.3, 0.4) is 0 Å². The molecular formula is C19H27FN4OS. The molecule has 142 valence electrons. The van der Waals surface area contributed by atoms with Crippen molar-refractivity contribution in [2.75, 3.05) is 19.8 Å². The molecule has 0 saturated carbocycles. The van der Waals surface area contributed by atoms with Crippen molar-refractivity contribution in [2.45, 2.75) is 39.0 Å². The Morgan fingerprint density at radius 1 is 1.27 bits per heavy atom. The Bertz CT molecular complexity index is 726. The molecule has 0 aliphatic heterocycles. The molecule has 26 heavy (non-hydrogen) atoms. The van der Waals surface area contributed by atoms with Gasteiger partial charge in [0.2, 0.25) is 0 Å². The van der Waals surface area contributed by atoms with E-state index in [4.69, 9.17) is 4.52 Å². The van der Waals surface area contributed by atoms with E-state index in [0.717, 1.165) is 53.7 Å². The summed E-state index contributed by atoms with van der Waals surface area (Å²) in [5, 5.41) is 10.6. The number of rotatable bonds is 8. The van der Waals surface area contributed by atoms with Gasteiger partial charge >= 0.3 is 0 Å². The van der Waals surface area contributed by atoms with Crippen LogP contribution in [-0.2, 0) is 18.7 Å². The van der Waals surface area contributed by atoms with Crippen molar-refractivity contribution in [3.8, 4) is 0 Å². The van der Waals surface area contributed by atoms with Crippen LogP contribution in [-0.4, -0.2) is 31.0 Å². The summed E-state index contributed by atoms with van der Waals surface area (Å²) in [5.41, 5.74) is 4.24. The van der Waals surface area contributed by atoms with Crippen LogP contribution >= 0.6 is 11.8 Å². The first-order chi connectivity index (χ1) is 12.5. The molecule has 2 N–H and O–H groups in total. The number of hydrogen-bond acceptors (Lipinski definition) is 4. The van der Waals surface area contributed by atoms with Gasteiger partial charge in [0.25, 0.3) is 0 Å². The second-order valence-electron chi connectivity index (χ2n) is 6.10. The Morgan fingerprint density at radius 3 is 2.73 bits per heavy atom. The molecule has 2 aromatic rings. The minimum absolute atomic E-state index is 0.195. The predicted molar refractivity (Wildman–Crippen MR) is 106 cm³/mol. The summed E-state index contributed by atoms with van der Waals surface area (Å²) >= 11 is 1.68. The van der Waals surface area contributed by atoms with Gasteiger partial charge in [0.1, 0.15) is 11.6 Å². The van der Waals surface area contributed by atoms with Crippen molar-refractivity contribution in [1.29, 1.82) is 0 Å². The van der Waals surface area contributed by atoms with Crippen LogP contribution in [0, 0.1) is 19.7 Å². The van der Waals surface area contributed by atoms with Crippen molar-refractivity contribution >= 4 is 17.7 Å². The van der Waals surface area contributed by atoms with Gasteiger partial charge in [-0.3, -0.25) is 4.99 Å². The fourth-order valence-electron chi connectivity index (χ4n) is 2.79. The predicted octanol–water partition coefficient (Wildman–Crippen LogP) is 3.59. The van der Waals surface area contributed by atoms with Crippen molar-refractivity contribution < 1.29 is 8.91 Å². The van der Waals surface area contributed by atoms with Gasteiger partial charge in [0.05, 0.1) is 5.69 Å². The minimum atomic E-state index is -0.195. The molecule has 1 aromatic heterocycles. The smallest absolute Gasteiger partial charge is 0.191 e. The molecule has 0 amide bonds. The standard InChI is InChI=1S/C19H27FN4OS/c1-13-18(14(2)25-24-13)6-5-9-22-19(21-3)23-11-15-7-8-17(20)10-16(15)12-26-4/h7-8,10H,5-6,9,11-12H2,1-4H3,(H2,21,22,23). The minimum Gasteiger partial charge on any atom is -0.361 e. The van der Waals surface area contributed by atoms with Crippen molar-refractivity contribution in [3.63, 3.8) is 0 Å². The summed E-state index contributed by atoms with van der Waals surface area (Å²) in [5.74, 6) is 2.23. The lowest BCUT2D eigenvalue weighted by atomic mass is 10.1. The van der Waals surface area contributed by atoms with E-state index >= 15 is 0 Å². The summed E-state index contributed by atoms with van der Waals surface area (Å²) < 4.78 is 18.6. The van der Waals surface area contributed by atoms with E-state index in [1.165, 1.54) is 11.6 Å². The van der Waals surface area contributed by atoms with Crippen molar-refractivity contribution in [3.05, 3.63) is 52.2 Å². The number of thioether (sulfide) groups is 1. The Balaban J connectivity index is 1.81. The molecule has 7 heteroatoms. The largest absolute Gasteiger partial charge is 0.361 e. The number of halogens is 1. The molecule has 5 nitrogen and oxygen atoms in total. The normalized spacial score (nSPS) is 11.7. The Hall–Kier alpha value is -2.02. The third kappa shape index (κ3) is 5.76. The lowest BCUT2D eigenvalue weighted by Gasteiger charge is -2.14. The molecule has 2 rings (SSSR count). The van der Waals surface area contributed by atoms with Gasteiger partial charge in [-0.25, -0.2) is 4.39 Å². The lowest BCUT2D eigenvalue weighted by molar-refractivity contribution is 0.392. The molecule has 0 radical (unpaired) electrons. The molecule has 0 aliphatic carbocycles. The van der Waals surface area contributed by atoms with Crippen LogP contribution in [0.1, 0.15) is 34.6 Å². The third-order valence-electron chi connectivity index (χ3n) is 4.22. The second kappa shape index (κ2) is 10.2. The van der Waals surface area contributed by atoms with Gasteiger partial charge in [0, 0.05) is 31.5 Å². The number of aryl methyl sites for hydroxylation is 2. The number of guanidine groups is 1. The first-order valence-electron chi connectivity index (χ1n) is 8.67. The maximum absolute atomic E-state index is 13.4. The molecule has 0 atom stereocenters. The fourth-order valence-corrected chi connectivity index (χ4v) is 3.37. The molecular weight excluding hydrogens is 351 g/mol. The molecule has 0 fully saturated rings. The van der Waals surface area contributed by atoms with Crippen LogP contribution in [0.4, 0.5) is 4.39 Å². The molecule has 1 aromatic carbocycles. The van der Waals surface area contributed by atoms with Crippen LogP contribution in [0.25, 0.3) is 0 Å². The van der Waals surface area contributed by atoms with Gasteiger partial charge in [0.15, 0.2) is 5.96 Å². The Labute approximate surface area is 158 Å². The van der Waals surface area contributed by atoms with Crippen LogP contribution in [0.15, 0.2) is 27.7 Å². The van der Waals surface area contributed by atoms with Gasteiger partial charge in [-0.05, 0) is 56.2 Å².